The molecule has 0 atom stereocenters. The Morgan fingerprint density at radius 2 is 1.93 bits per heavy atom. The normalized spacial score (nSPS) is 12.6. The monoisotopic (exact) mass is 500 g/mol. The van der Waals surface area contributed by atoms with Crippen molar-refractivity contribution in [1.29, 1.82) is 0 Å². The number of amides is 1. The summed E-state index contributed by atoms with van der Waals surface area (Å²) < 4.78 is 28.8. The first-order valence-electron chi connectivity index (χ1n) is 8.65. The minimum Gasteiger partial charge on any atom is -0.316 e. The molecule has 0 aliphatic carbocycles. The van der Waals surface area contributed by atoms with E-state index in [9.17, 15) is 13.2 Å². The molecule has 3 rings (SSSR count). The van der Waals surface area contributed by atoms with Crippen molar-refractivity contribution in [2.75, 3.05) is 5.75 Å². The summed E-state index contributed by atoms with van der Waals surface area (Å²) in [4.78, 5) is 17.3. The number of hydrogen-bond acceptors (Lipinski definition) is 4. The van der Waals surface area contributed by atoms with E-state index in [0.29, 0.717) is 9.82 Å². The highest BCUT2D eigenvalue weighted by Crippen LogP contribution is 2.22. The first-order chi connectivity index (χ1) is 13.3. The second kappa shape index (κ2) is 8.90. The van der Waals surface area contributed by atoms with Gasteiger partial charge in [0.2, 0.25) is 5.91 Å². The maximum absolute atomic E-state index is 12.4. The van der Waals surface area contributed by atoms with Crippen LogP contribution in [0.3, 0.4) is 0 Å². The second-order valence-corrected chi connectivity index (χ2v) is 10.6. The highest BCUT2D eigenvalue weighted by atomic mass is 79.9. The number of carbonyl (C=O) groups excluding carboxylic acids is 1. The van der Waals surface area contributed by atoms with Crippen LogP contribution in [0.4, 0.5) is 0 Å². The summed E-state index contributed by atoms with van der Waals surface area (Å²) in [6.45, 7) is 2.79. The van der Waals surface area contributed by atoms with Gasteiger partial charge in [0.15, 0.2) is 14.6 Å². The summed E-state index contributed by atoms with van der Waals surface area (Å²) in [7, 11) is -3.56. The average molecular weight is 502 g/mol. The van der Waals surface area contributed by atoms with Crippen molar-refractivity contribution < 1.29 is 13.2 Å². The second-order valence-electron chi connectivity index (χ2n) is 6.18. The van der Waals surface area contributed by atoms with E-state index < -0.39 is 15.7 Å². The van der Waals surface area contributed by atoms with Gasteiger partial charge in [0, 0.05) is 22.5 Å². The Bertz CT molecular complexity index is 1180. The summed E-state index contributed by atoms with van der Waals surface area (Å²) in [5.74, 6) is -0.741. The highest BCUT2D eigenvalue weighted by molar-refractivity contribution is 9.10. The Kier molecular flexibility index (Phi) is 6.75. The molecule has 0 saturated heterocycles. The van der Waals surface area contributed by atoms with Gasteiger partial charge in [-0.2, -0.15) is 4.99 Å². The lowest BCUT2D eigenvalue weighted by Crippen LogP contribution is -2.18. The molecule has 0 unspecified atom stereocenters. The molecule has 0 saturated carbocycles. The van der Waals surface area contributed by atoms with Gasteiger partial charge in [-0.15, -0.1) is 0 Å². The van der Waals surface area contributed by atoms with Gasteiger partial charge in [-0.1, -0.05) is 45.8 Å². The van der Waals surface area contributed by atoms with Gasteiger partial charge in [-0.25, -0.2) is 8.42 Å². The molecule has 0 bridgehead atoms. The van der Waals surface area contributed by atoms with Gasteiger partial charge >= 0.3 is 0 Å². The van der Waals surface area contributed by atoms with E-state index in [-0.39, 0.29) is 17.1 Å². The lowest BCUT2D eigenvalue weighted by molar-refractivity contribution is -0.117. The van der Waals surface area contributed by atoms with Crippen LogP contribution in [0.15, 0.2) is 56.8 Å². The van der Waals surface area contributed by atoms with Gasteiger partial charge in [0.1, 0.15) is 0 Å². The summed E-state index contributed by atoms with van der Waals surface area (Å²) in [5.41, 5.74) is 1.01. The maximum atomic E-state index is 12.4. The largest absolute Gasteiger partial charge is 0.316 e. The Labute approximate surface area is 180 Å². The van der Waals surface area contributed by atoms with Gasteiger partial charge in [0.05, 0.1) is 20.9 Å². The van der Waals surface area contributed by atoms with E-state index in [0.717, 1.165) is 27.7 Å². The molecule has 0 aliphatic rings. The maximum Gasteiger partial charge on any atom is 0.249 e. The molecule has 0 spiro atoms. The molecular weight excluding hydrogens is 484 g/mol. The van der Waals surface area contributed by atoms with E-state index in [4.69, 9.17) is 11.6 Å². The number of nitrogens with zero attached hydrogens (tertiary/aromatic N) is 2. The number of hydrogen-bond donors (Lipinski definition) is 0. The number of aromatic nitrogens is 1. The van der Waals surface area contributed by atoms with Crippen LogP contribution in [0.25, 0.3) is 10.2 Å². The molecule has 0 N–H and O–H groups in total. The predicted molar refractivity (Wildman–Crippen MR) is 116 cm³/mol. The minimum absolute atomic E-state index is 0.150. The topological polar surface area (TPSA) is 68.5 Å². The van der Waals surface area contributed by atoms with Crippen LogP contribution >= 0.6 is 38.9 Å². The third-order valence-electron chi connectivity index (χ3n) is 4.07. The van der Waals surface area contributed by atoms with Crippen molar-refractivity contribution in [2.24, 2.45) is 4.99 Å². The van der Waals surface area contributed by atoms with Crippen LogP contribution in [0.2, 0.25) is 5.02 Å². The fourth-order valence-corrected chi connectivity index (χ4v) is 5.70. The molecule has 9 heteroatoms. The van der Waals surface area contributed by atoms with Crippen molar-refractivity contribution in [3.8, 4) is 0 Å². The van der Waals surface area contributed by atoms with Gasteiger partial charge in [0.25, 0.3) is 0 Å². The quantitative estimate of drug-likeness (QED) is 0.486. The summed E-state index contributed by atoms with van der Waals surface area (Å²) in [6.07, 6.45) is 0.725. The zero-order chi connectivity index (χ0) is 20.3. The van der Waals surface area contributed by atoms with E-state index in [1.165, 1.54) is 35.6 Å². The number of fused-ring (bicyclic) bond motifs is 1. The number of carbonyl (C=O) groups is 1. The van der Waals surface area contributed by atoms with E-state index in [2.05, 4.69) is 27.8 Å². The third-order valence-corrected chi connectivity index (χ3v) is 7.59. The van der Waals surface area contributed by atoms with Gasteiger partial charge in [-0.3, -0.25) is 4.79 Å². The standard InChI is InChI=1S/C19H18BrClN2O3S2/c1-2-10-23-16-8-3-13(20)12-17(16)27-19(23)22-18(24)9-11-28(25,26)15-6-4-14(21)5-7-15/h3-8,12H,2,9-11H2,1H3. The zero-order valence-electron chi connectivity index (χ0n) is 15.1. The van der Waals surface area contributed by atoms with Crippen molar-refractivity contribution in [1.82, 2.24) is 4.57 Å². The van der Waals surface area contributed by atoms with Gasteiger partial charge < -0.3 is 4.57 Å². The Morgan fingerprint density at radius 3 is 2.61 bits per heavy atom. The molecule has 3 aromatic rings. The smallest absolute Gasteiger partial charge is 0.249 e. The van der Waals surface area contributed by atoms with Crippen LogP contribution < -0.4 is 4.80 Å². The van der Waals surface area contributed by atoms with E-state index in [1.54, 1.807) is 0 Å². The highest BCUT2D eigenvalue weighted by Gasteiger charge is 2.16. The minimum atomic E-state index is -3.56. The molecule has 2 aromatic carbocycles. The number of rotatable bonds is 6. The molecule has 0 aliphatic heterocycles. The molecular formula is C19H18BrClN2O3S2. The van der Waals surface area contributed by atoms with Crippen LogP contribution in [0.1, 0.15) is 19.8 Å². The summed E-state index contributed by atoms with van der Waals surface area (Å²) >= 11 is 10.7. The SMILES string of the molecule is CCCn1c(=NC(=O)CCS(=O)(=O)c2ccc(Cl)cc2)sc2cc(Br)ccc21. The Hall–Kier alpha value is -1.48. The first kappa shape index (κ1) is 21.2. The van der Waals surface area contributed by atoms with Crippen molar-refractivity contribution >= 4 is 64.8 Å². The van der Waals surface area contributed by atoms with Crippen molar-refractivity contribution in [3.63, 3.8) is 0 Å². The van der Waals surface area contributed by atoms with Crippen molar-refractivity contribution in [3.05, 3.63) is 56.8 Å². The number of thiazole rings is 1. The van der Waals surface area contributed by atoms with Gasteiger partial charge in [-0.05, 0) is 48.9 Å². The predicted octanol–water partition coefficient (Wildman–Crippen LogP) is 4.82. The molecule has 1 aromatic heterocycles. The lowest BCUT2D eigenvalue weighted by atomic mass is 10.3. The fraction of sp³-hybridized carbons (Fsp3) is 0.263. The number of halogens is 2. The summed E-state index contributed by atoms with van der Waals surface area (Å²) in [6, 6.07) is 11.8. The zero-order valence-corrected chi connectivity index (χ0v) is 19.0. The van der Waals surface area contributed by atoms with Crippen LogP contribution in [-0.2, 0) is 21.2 Å². The third kappa shape index (κ3) is 4.92. The van der Waals surface area contributed by atoms with Crippen LogP contribution in [0, 0.1) is 0 Å². The number of aryl methyl sites for hydroxylation is 1. The first-order valence-corrected chi connectivity index (χ1v) is 12.3. The van der Waals surface area contributed by atoms with Crippen LogP contribution in [0.5, 0.6) is 0 Å². The van der Waals surface area contributed by atoms with Crippen molar-refractivity contribution in [2.45, 2.75) is 31.2 Å². The Morgan fingerprint density at radius 1 is 1.21 bits per heavy atom. The molecule has 0 fully saturated rings. The van der Waals surface area contributed by atoms with E-state index in [1.807, 2.05) is 22.8 Å². The Balaban J connectivity index is 1.84. The van der Waals surface area contributed by atoms with Crippen LogP contribution in [-0.4, -0.2) is 24.6 Å². The molecule has 1 amide bonds. The summed E-state index contributed by atoms with van der Waals surface area (Å²) in [5, 5.41) is 0.460. The van der Waals surface area contributed by atoms with E-state index >= 15 is 0 Å². The molecule has 0 radical (unpaired) electrons. The molecule has 148 valence electrons. The lowest BCUT2D eigenvalue weighted by Gasteiger charge is -2.04. The fourth-order valence-electron chi connectivity index (χ4n) is 2.72. The molecule has 28 heavy (non-hydrogen) atoms. The molecule has 5 nitrogen and oxygen atoms in total. The number of benzene rings is 2. The average Bonchev–Trinajstić information content (AvgIpc) is 2.97. The number of sulfone groups is 1. The molecule has 1 heterocycles.